The van der Waals surface area contributed by atoms with Gasteiger partial charge in [-0.1, -0.05) is 16.8 Å². The Morgan fingerprint density at radius 1 is 1.32 bits per heavy atom. The molecule has 7 nitrogen and oxygen atoms in total. The molecule has 1 aromatic carbocycles. The molecule has 1 N–H and O–H groups in total. The molecule has 0 saturated carbocycles. The van der Waals surface area contributed by atoms with Gasteiger partial charge < -0.3 is 24.1 Å². The third kappa shape index (κ3) is 2.87. The summed E-state index contributed by atoms with van der Waals surface area (Å²) in [6, 6.07) is 3.46. The predicted molar refractivity (Wildman–Crippen MR) is 79.4 cm³/mol. The summed E-state index contributed by atoms with van der Waals surface area (Å²) < 4.78 is 21.4. The summed E-state index contributed by atoms with van der Waals surface area (Å²) in [5, 5.41) is 7.61. The number of rotatable bonds is 4. The topological polar surface area (TPSA) is 78.6 Å². The summed E-state index contributed by atoms with van der Waals surface area (Å²) in [6.45, 7) is 2.08. The standard InChI is InChI=1S/C14H16ClN3O4/c1-19-10-6-8(5-9(15)12(10)20-2)13-17-14(22-18-13)11-7-16-3-4-21-11/h5-6,11,16H,3-4,7H2,1-2H3/t11-/m0/s1. The number of hydrogen-bond donors (Lipinski definition) is 1. The second-order valence-electron chi connectivity index (χ2n) is 4.71. The predicted octanol–water partition coefficient (Wildman–Crippen LogP) is 2.07. The van der Waals surface area contributed by atoms with Crippen molar-refractivity contribution in [2.24, 2.45) is 0 Å². The van der Waals surface area contributed by atoms with E-state index in [1.165, 1.54) is 7.11 Å². The van der Waals surface area contributed by atoms with Gasteiger partial charge in [0.05, 0.1) is 25.8 Å². The summed E-state index contributed by atoms with van der Waals surface area (Å²) in [5.74, 6) is 1.84. The molecule has 0 bridgehead atoms. The Morgan fingerprint density at radius 3 is 2.86 bits per heavy atom. The van der Waals surface area contributed by atoms with E-state index < -0.39 is 0 Å². The molecule has 1 aliphatic heterocycles. The first-order valence-corrected chi connectivity index (χ1v) is 7.18. The molecule has 0 radical (unpaired) electrons. The average Bonchev–Trinajstić information content (AvgIpc) is 3.05. The van der Waals surface area contributed by atoms with E-state index in [-0.39, 0.29) is 6.10 Å². The summed E-state index contributed by atoms with van der Waals surface area (Å²) in [6.07, 6.45) is -0.231. The van der Waals surface area contributed by atoms with Crippen LogP contribution in [0, 0.1) is 0 Å². The lowest BCUT2D eigenvalue weighted by Gasteiger charge is -2.19. The van der Waals surface area contributed by atoms with Crippen molar-refractivity contribution in [1.29, 1.82) is 0 Å². The van der Waals surface area contributed by atoms with Crippen LogP contribution in [0.2, 0.25) is 5.02 Å². The van der Waals surface area contributed by atoms with Gasteiger partial charge >= 0.3 is 0 Å². The Kier molecular flexibility index (Phi) is 4.47. The summed E-state index contributed by atoms with van der Waals surface area (Å²) in [4.78, 5) is 4.38. The number of aromatic nitrogens is 2. The van der Waals surface area contributed by atoms with Crippen molar-refractivity contribution >= 4 is 11.6 Å². The summed E-state index contributed by atoms with van der Waals surface area (Å²) in [5.41, 5.74) is 0.682. The highest BCUT2D eigenvalue weighted by Crippen LogP contribution is 2.38. The minimum atomic E-state index is -0.231. The molecule has 0 aliphatic carbocycles. The Morgan fingerprint density at radius 2 is 2.18 bits per heavy atom. The van der Waals surface area contributed by atoms with Crippen LogP contribution < -0.4 is 14.8 Å². The van der Waals surface area contributed by atoms with E-state index in [0.29, 0.717) is 47.0 Å². The third-order valence-corrected chi connectivity index (χ3v) is 3.62. The normalized spacial score (nSPS) is 18.2. The first-order valence-electron chi connectivity index (χ1n) is 6.80. The van der Waals surface area contributed by atoms with Gasteiger partial charge in [-0.05, 0) is 12.1 Å². The zero-order valence-corrected chi connectivity index (χ0v) is 13.0. The van der Waals surface area contributed by atoms with E-state index in [2.05, 4.69) is 15.5 Å². The van der Waals surface area contributed by atoms with Crippen LogP contribution >= 0.6 is 11.6 Å². The molecule has 2 heterocycles. The maximum Gasteiger partial charge on any atom is 0.257 e. The molecular weight excluding hydrogens is 310 g/mol. The van der Waals surface area contributed by atoms with Crippen LogP contribution in [0.1, 0.15) is 12.0 Å². The number of nitrogens with one attached hydrogen (secondary N) is 1. The lowest BCUT2D eigenvalue weighted by Crippen LogP contribution is -2.33. The minimum absolute atomic E-state index is 0.231. The molecule has 1 fully saturated rings. The Balaban J connectivity index is 1.91. The number of methoxy groups -OCH3 is 2. The van der Waals surface area contributed by atoms with Gasteiger partial charge in [-0.15, -0.1) is 0 Å². The molecule has 1 saturated heterocycles. The van der Waals surface area contributed by atoms with Crippen LogP contribution in [-0.2, 0) is 4.74 Å². The molecule has 2 aromatic rings. The molecule has 0 amide bonds. The molecule has 8 heteroatoms. The molecule has 3 rings (SSSR count). The number of halogens is 1. The summed E-state index contributed by atoms with van der Waals surface area (Å²) >= 11 is 6.19. The van der Waals surface area contributed by atoms with E-state index in [4.69, 9.17) is 30.3 Å². The second-order valence-corrected chi connectivity index (χ2v) is 5.12. The molecule has 22 heavy (non-hydrogen) atoms. The van der Waals surface area contributed by atoms with E-state index in [1.54, 1.807) is 19.2 Å². The zero-order chi connectivity index (χ0) is 15.5. The van der Waals surface area contributed by atoms with Crippen molar-refractivity contribution < 1.29 is 18.7 Å². The highest BCUT2D eigenvalue weighted by Gasteiger charge is 2.23. The lowest BCUT2D eigenvalue weighted by molar-refractivity contribution is 0.00755. The van der Waals surface area contributed by atoms with Crippen LogP contribution in [0.4, 0.5) is 0 Å². The SMILES string of the molecule is COc1cc(-c2noc([C@@H]3CNCCO3)n2)cc(Cl)c1OC. The second kappa shape index (κ2) is 6.51. The first kappa shape index (κ1) is 15.1. The number of ether oxygens (including phenoxy) is 3. The molecular formula is C14H16ClN3O4. The van der Waals surface area contributed by atoms with Crippen molar-refractivity contribution in [3.63, 3.8) is 0 Å². The zero-order valence-electron chi connectivity index (χ0n) is 12.3. The monoisotopic (exact) mass is 325 g/mol. The van der Waals surface area contributed by atoms with Crippen molar-refractivity contribution in [2.45, 2.75) is 6.10 Å². The Hall–Kier alpha value is -1.83. The minimum Gasteiger partial charge on any atom is -0.493 e. The van der Waals surface area contributed by atoms with Crippen LogP contribution in [-0.4, -0.2) is 44.1 Å². The lowest BCUT2D eigenvalue weighted by atomic mass is 10.2. The van der Waals surface area contributed by atoms with Crippen molar-refractivity contribution in [3.8, 4) is 22.9 Å². The van der Waals surface area contributed by atoms with Crippen LogP contribution in [0.3, 0.4) is 0 Å². The molecule has 118 valence electrons. The molecule has 1 atom stereocenters. The number of nitrogens with zero attached hydrogens (tertiary/aromatic N) is 2. The van der Waals surface area contributed by atoms with Crippen LogP contribution in [0.25, 0.3) is 11.4 Å². The largest absolute Gasteiger partial charge is 0.493 e. The van der Waals surface area contributed by atoms with Gasteiger partial charge in [-0.25, -0.2) is 0 Å². The number of hydrogen-bond acceptors (Lipinski definition) is 7. The van der Waals surface area contributed by atoms with Gasteiger partial charge in [-0.3, -0.25) is 0 Å². The van der Waals surface area contributed by atoms with Gasteiger partial charge in [-0.2, -0.15) is 4.98 Å². The van der Waals surface area contributed by atoms with Crippen LogP contribution in [0.15, 0.2) is 16.7 Å². The fourth-order valence-electron chi connectivity index (χ4n) is 2.25. The molecule has 0 unspecified atom stereocenters. The maximum atomic E-state index is 6.19. The molecule has 0 spiro atoms. The van der Waals surface area contributed by atoms with Crippen LogP contribution in [0.5, 0.6) is 11.5 Å². The van der Waals surface area contributed by atoms with E-state index in [1.807, 2.05) is 0 Å². The van der Waals surface area contributed by atoms with E-state index in [9.17, 15) is 0 Å². The molecule has 1 aliphatic rings. The fourth-order valence-corrected chi connectivity index (χ4v) is 2.54. The van der Waals surface area contributed by atoms with Crippen molar-refractivity contribution in [1.82, 2.24) is 15.5 Å². The Bertz CT molecular complexity index is 656. The van der Waals surface area contributed by atoms with E-state index >= 15 is 0 Å². The smallest absolute Gasteiger partial charge is 0.257 e. The number of morpholine rings is 1. The van der Waals surface area contributed by atoms with Gasteiger partial charge in [0, 0.05) is 18.7 Å². The van der Waals surface area contributed by atoms with Crippen molar-refractivity contribution in [3.05, 3.63) is 23.0 Å². The highest BCUT2D eigenvalue weighted by atomic mass is 35.5. The van der Waals surface area contributed by atoms with Gasteiger partial charge in [0.1, 0.15) is 6.10 Å². The first-order chi connectivity index (χ1) is 10.7. The average molecular weight is 326 g/mol. The molecule has 1 aromatic heterocycles. The maximum absolute atomic E-state index is 6.19. The van der Waals surface area contributed by atoms with Gasteiger partial charge in [0.2, 0.25) is 5.82 Å². The summed E-state index contributed by atoms with van der Waals surface area (Å²) in [7, 11) is 3.07. The number of benzene rings is 1. The fraction of sp³-hybridized carbons (Fsp3) is 0.429. The van der Waals surface area contributed by atoms with Crippen molar-refractivity contribution in [2.75, 3.05) is 33.9 Å². The van der Waals surface area contributed by atoms with Gasteiger partial charge in [0.25, 0.3) is 5.89 Å². The quantitative estimate of drug-likeness (QED) is 0.921. The van der Waals surface area contributed by atoms with Gasteiger partial charge in [0.15, 0.2) is 11.5 Å². The highest BCUT2D eigenvalue weighted by molar-refractivity contribution is 6.32. The Labute approximate surface area is 132 Å². The third-order valence-electron chi connectivity index (χ3n) is 3.34. The van der Waals surface area contributed by atoms with E-state index in [0.717, 1.165) is 6.54 Å².